The lowest BCUT2D eigenvalue weighted by molar-refractivity contribution is 0.152. The van der Waals surface area contributed by atoms with Crippen LogP contribution in [0.15, 0.2) is 11.0 Å². The molecule has 13 heavy (non-hydrogen) atoms. The molecule has 0 saturated carbocycles. The summed E-state index contributed by atoms with van der Waals surface area (Å²) in [7, 11) is 1.35. The molecular formula is C8H12N2O3. The third-order valence-corrected chi connectivity index (χ3v) is 1.67. The van der Waals surface area contributed by atoms with E-state index in [0.717, 1.165) is 0 Å². The van der Waals surface area contributed by atoms with Gasteiger partial charge in [0.1, 0.15) is 0 Å². The third-order valence-electron chi connectivity index (χ3n) is 1.67. The Kier molecular flexibility index (Phi) is 2.55. The predicted molar refractivity (Wildman–Crippen MR) is 46.3 cm³/mol. The van der Waals surface area contributed by atoms with E-state index in [4.69, 9.17) is 4.74 Å². The monoisotopic (exact) mass is 184 g/mol. The number of methoxy groups -OCH3 is 1. The van der Waals surface area contributed by atoms with Crippen molar-refractivity contribution < 1.29 is 9.94 Å². The second-order valence-corrected chi connectivity index (χ2v) is 2.96. The molecule has 1 aromatic heterocycles. The largest absolute Gasteiger partial charge is 0.490 e. The normalized spacial score (nSPS) is 10.5. The molecule has 0 saturated heterocycles. The fourth-order valence-corrected chi connectivity index (χ4v) is 0.977. The maximum absolute atomic E-state index is 11.3. The molecule has 0 aromatic carbocycles. The summed E-state index contributed by atoms with van der Waals surface area (Å²) < 4.78 is 5.22. The summed E-state index contributed by atoms with van der Waals surface area (Å²) >= 11 is 0. The first-order valence-corrected chi connectivity index (χ1v) is 3.93. The molecule has 1 heterocycles. The highest BCUT2D eigenvalue weighted by Gasteiger charge is 2.11. The van der Waals surface area contributed by atoms with E-state index in [1.165, 1.54) is 13.3 Å². The summed E-state index contributed by atoms with van der Waals surface area (Å²) in [5.74, 6) is 0.348. The van der Waals surface area contributed by atoms with E-state index in [9.17, 15) is 10.0 Å². The Labute approximate surface area is 75.6 Å². The van der Waals surface area contributed by atoms with Crippen LogP contribution in [0.1, 0.15) is 25.6 Å². The van der Waals surface area contributed by atoms with Gasteiger partial charge in [-0.3, -0.25) is 4.79 Å². The summed E-state index contributed by atoms with van der Waals surface area (Å²) in [4.78, 5) is 15.2. The van der Waals surface area contributed by atoms with Crippen LogP contribution in [0.4, 0.5) is 0 Å². The van der Waals surface area contributed by atoms with E-state index >= 15 is 0 Å². The van der Waals surface area contributed by atoms with Crippen molar-refractivity contribution >= 4 is 0 Å². The predicted octanol–water partition coefficient (Wildman–Crippen LogP) is 0.613. The van der Waals surface area contributed by atoms with E-state index in [-0.39, 0.29) is 11.7 Å². The number of hydrogen-bond donors (Lipinski definition) is 1. The fraction of sp³-hybridized carbons (Fsp3) is 0.500. The molecule has 0 atom stereocenters. The average molecular weight is 184 g/mol. The Balaban J connectivity index is 3.32. The van der Waals surface area contributed by atoms with Crippen LogP contribution in [0, 0.1) is 0 Å². The van der Waals surface area contributed by atoms with Crippen molar-refractivity contribution in [1.82, 2.24) is 9.71 Å². The van der Waals surface area contributed by atoms with Gasteiger partial charge in [0, 0.05) is 5.92 Å². The second-order valence-electron chi connectivity index (χ2n) is 2.96. The van der Waals surface area contributed by atoms with Crippen LogP contribution < -0.4 is 10.3 Å². The van der Waals surface area contributed by atoms with Gasteiger partial charge in [0.25, 0.3) is 0 Å². The maximum Gasteiger partial charge on any atom is 0.328 e. The van der Waals surface area contributed by atoms with E-state index in [2.05, 4.69) is 4.98 Å². The van der Waals surface area contributed by atoms with Gasteiger partial charge < -0.3 is 9.94 Å². The lowest BCUT2D eigenvalue weighted by Crippen LogP contribution is -2.24. The van der Waals surface area contributed by atoms with E-state index in [1.54, 1.807) is 0 Å². The summed E-state index contributed by atoms with van der Waals surface area (Å²) in [5, 5.41) is 9.34. The quantitative estimate of drug-likeness (QED) is 0.684. The Bertz CT molecular complexity index is 357. The third kappa shape index (κ3) is 1.63. The first-order chi connectivity index (χ1) is 6.07. The van der Waals surface area contributed by atoms with Crippen molar-refractivity contribution in [3.8, 4) is 5.75 Å². The van der Waals surface area contributed by atoms with Crippen LogP contribution >= 0.6 is 0 Å². The first-order valence-electron chi connectivity index (χ1n) is 3.93. The van der Waals surface area contributed by atoms with Crippen molar-refractivity contribution in [2.75, 3.05) is 7.11 Å². The van der Waals surface area contributed by atoms with E-state index in [0.29, 0.717) is 10.6 Å². The second kappa shape index (κ2) is 3.47. The number of rotatable bonds is 2. The molecule has 5 heteroatoms. The van der Waals surface area contributed by atoms with Crippen LogP contribution in [0.25, 0.3) is 0 Å². The molecule has 0 aliphatic carbocycles. The lowest BCUT2D eigenvalue weighted by atomic mass is 10.2. The van der Waals surface area contributed by atoms with Crippen LogP contribution in [0.2, 0.25) is 0 Å². The van der Waals surface area contributed by atoms with Crippen LogP contribution in [-0.2, 0) is 0 Å². The van der Waals surface area contributed by atoms with Gasteiger partial charge in [-0.2, -0.15) is 0 Å². The molecule has 0 aliphatic rings. The van der Waals surface area contributed by atoms with Gasteiger partial charge in [-0.15, -0.1) is 4.73 Å². The molecule has 0 spiro atoms. The SMILES string of the molecule is COc1cnc(C(C)C)n(O)c1=O. The van der Waals surface area contributed by atoms with Crippen molar-refractivity contribution in [2.45, 2.75) is 19.8 Å². The van der Waals surface area contributed by atoms with Crippen LogP contribution in [0.3, 0.4) is 0 Å². The molecule has 0 fully saturated rings. The molecular weight excluding hydrogens is 172 g/mol. The van der Waals surface area contributed by atoms with Gasteiger partial charge in [0.05, 0.1) is 13.3 Å². The maximum atomic E-state index is 11.3. The molecule has 1 aromatic rings. The number of ether oxygens (including phenoxy) is 1. The summed E-state index contributed by atoms with van der Waals surface area (Å²) in [6.07, 6.45) is 1.31. The smallest absolute Gasteiger partial charge is 0.328 e. The van der Waals surface area contributed by atoms with Crippen LogP contribution in [0.5, 0.6) is 5.75 Å². The summed E-state index contributed by atoms with van der Waals surface area (Å²) in [6.45, 7) is 3.67. The van der Waals surface area contributed by atoms with Gasteiger partial charge >= 0.3 is 5.56 Å². The number of nitrogens with zero attached hydrogens (tertiary/aromatic N) is 2. The summed E-state index contributed by atoms with van der Waals surface area (Å²) in [6, 6.07) is 0. The number of hydrogen-bond acceptors (Lipinski definition) is 4. The zero-order valence-corrected chi connectivity index (χ0v) is 7.81. The number of aromatic nitrogens is 2. The Hall–Kier alpha value is -1.52. The average Bonchev–Trinajstić information content (AvgIpc) is 2.09. The summed E-state index contributed by atoms with van der Waals surface area (Å²) in [5.41, 5.74) is -0.582. The molecule has 5 nitrogen and oxygen atoms in total. The molecule has 0 unspecified atom stereocenters. The minimum Gasteiger partial charge on any atom is -0.490 e. The van der Waals surface area contributed by atoms with Crippen molar-refractivity contribution in [3.63, 3.8) is 0 Å². The van der Waals surface area contributed by atoms with Crippen molar-refractivity contribution in [3.05, 3.63) is 22.4 Å². The zero-order valence-electron chi connectivity index (χ0n) is 7.81. The minimum absolute atomic E-state index is 0.0105. The Morgan fingerprint density at radius 2 is 2.23 bits per heavy atom. The standard InChI is InChI=1S/C8H12N2O3/c1-5(2)7-9-4-6(13-3)8(11)10(7)12/h4-5,12H,1-3H3. The van der Waals surface area contributed by atoms with Crippen molar-refractivity contribution in [2.24, 2.45) is 0 Å². The fourth-order valence-electron chi connectivity index (χ4n) is 0.977. The van der Waals surface area contributed by atoms with Gasteiger partial charge in [-0.1, -0.05) is 13.8 Å². The van der Waals surface area contributed by atoms with E-state index in [1.807, 2.05) is 13.8 Å². The first kappa shape index (κ1) is 9.57. The molecule has 72 valence electrons. The molecule has 0 amide bonds. The molecule has 0 bridgehead atoms. The molecule has 1 N–H and O–H groups in total. The van der Waals surface area contributed by atoms with Gasteiger partial charge in [0.15, 0.2) is 5.82 Å². The lowest BCUT2D eigenvalue weighted by Gasteiger charge is -2.08. The molecule has 0 aliphatic heterocycles. The Morgan fingerprint density at radius 1 is 1.62 bits per heavy atom. The van der Waals surface area contributed by atoms with Gasteiger partial charge in [-0.05, 0) is 0 Å². The zero-order chi connectivity index (χ0) is 10.0. The highest BCUT2D eigenvalue weighted by Crippen LogP contribution is 2.09. The minimum atomic E-state index is -0.582. The molecule has 0 radical (unpaired) electrons. The molecule has 1 rings (SSSR count). The van der Waals surface area contributed by atoms with Gasteiger partial charge in [0.2, 0.25) is 5.75 Å². The van der Waals surface area contributed by atoms with Crippen LogP contribution in [-0.4, -0.2) is 22.0 Å². The van der Waals surface area contributed by atoms with Crippen molar-refractivity contribution in [1.29, 1.82) is 0 Å². The van der Waals surface area contributed by atoms with E-state index < -0.39 is 5.56 Å². The van der Waals surface area contributed by atoms with Gasteiger partial charge in [-0.25, -0.2) is 4.98 Å². The highest BCUT2D eigenvalue weighted by molar-refractivity contribution is 5.14. The topological polar surface area (TPSA) is 64.3 Å². The highest BCUT2D eigenvalue weighted by atomic mass is 16.5. The Morgan fingerprint density at radius 3 is 2.69 bits per heavy atom.